The maximum Gasteiger partial charge on any atom is 0.224 e. The molecule has 0 saturated heterocycles. The molecule has 0 radical (unpaired) electrons. The van der Waals surface area contributed by atoms with E-state index in [4.69, 9.17) is 5.73 Å². The SMILES string of the molecule is CCN(CCNC(=O)C(C)CN)c1cccc(C)c1. The number of likely N-dealkylation sites (N-methyl/N-ethyl adjacent to an activating group) is 1. The summed E-state index contributed by atoms with van der Waals surface area (Å²) in [5.74, 6) is -0.0863. The fraction of sp³-hybridized carbons (Fsp3) is 0.533. The van der Waals surface area contributed by atoms with E-state index in [1.165, 1.54) is 11.3 Å². The standard InChI is InChI=1S/C15H25N3O/c1-4-18(14-7-5-6-12(2)10-14)9-8-17-15(19)13(3)11-16/h5-7,10,13H,4,8-9,11,16H2,1-3H3,(H,17,19). The monoisotopic (exact) mass is 263 g/mol. The van der Waals surface area contributed by atoms with Gasteiger partial charge in [0.1, 0.15) is 0 Å². The zero-order valence-electron chi connectivity index (χ0n) is 12.1. The quantitative estimate of drug-likeness (QED) is 0.784. The van der Waals surface area contributed by atoms with Gasteiger partial charge >= 0.3 is 0 Å². The van der Waals surface area contributed by atoms with Crippen molar-refractivity contribution in [3.05, 3.63) is 29.8 Å². The average Bonchev–Trinajstić information content (AvgIpc) is 2.42. The van der Waals surface area contributed by atoms with Crippen molar-refractivity contribution in [3.8, 4) is 0 Å². The largest absolute Gasteiger partial charge is 0.370 e. The second kappa shape index (κ2) is 7.79. The summed E-state index contributed by atoms with van der Waals surface area (Å²) >= 11 is 0. The first kappa shape index (κ1) is 15.5. The number of nitrogens with zero attached hydrogens (tertiary/aromatic N) is 1. The van der Waals surface area contributed by atoms with Gasteiger partial charge in [0.05, 0.1) is 0 Å². The van der Waals surface area contributed by atoms with Gasteiger partial charge in [0.15, 0.2) is 0 Å². The predicted molar refractivity (Wildman–Crippen MR) is 80.3 cm³/mol. The molecule has 4 nitrogen and oxygen atoms in total. The van der Waals surface area contributed by atoms with Crippen molar-refractivity contribution in [3.63, 3.8) is 0 Å². The molecule has 0 bridgehead atoms. The number of hydrogen-bond acceptors (Lipinski definition) is 3. The van der Waals surface area contributed by atoms with Gasteiger partial charge in [-0.05, 0) is 31.5 Å². The number of amides is 1. The normalized spacial score (nSPS) is 12.0. The Bertz CT molecular complexity index is 406. The number of nitrogens with one attached hydrogen (secondary N) is 1. The molecule has 0 aromatic heterocycles. The van der Waals surface area contributed by atoms with Crippen LogP contribution in [0.5, 0.6) is 0 Å². The van der Waals surface area contributed by atoms with Crippen LogP contribution in [-0.4, -0.2) is 32.1 Å². The van der Waals surface area contributed by atoms with Crippen molar-refractivity contribution in [2.75, 3.05) is 31.1 Å². The second-order valence-electron chi connectivity index (χ2n) is 4.85. The van der Waals surface area contributed by atoms with Gasteiger partial charge < -0.3 is 16.0 Å². The minimum Gasteiger partial charge on any atom is -0.370 e. The van der Waals surface area contributed by atoms with Crippen molar-refractivity contribution >= 4 is 11.6 Å². The molecule has 4 heteroatoms. The second-order valence-corrected chi connectivity index (χ2v) is 4.85. The lowest BCUT2D eigenvalue weighted by atomic mass is 10.2. The third kappa shape index (κ3) is 4.91. The third-order valence-electron chi connectivity index (χ3n) is 3.23. The van der Waals surface area contributed by atoms with E-state index < -0.39 is 0 Å². The summed E-state index contributed by atoms with van der Waals surface area (Å²) in [5.41, 5.74) is 7.91. The zero-order chi connectivity index (χ0) is 14.3. The van der Waals surface area contributed by atoms with E-state index >= 15 is 0 Å². The molecule has 1 rings (SSSR count). The van der Waals surface area contributed by atoms with E-state index in [0.717, 1.165) is 13.1 Å². The molecule has 106 valence electrons. The van der Waals surface area contributed by atoms with Gasteiger partial charge in [0, 0.05) is 37.8 Å². The summed E-state index contributed by atoms with van der Waals surface area (Å²) in [6, 6.07) is 8.40. The summed E-state index contributed by atoms with van der Waals surface area (Å²) in [5, 5.41) is 2.92. The Morgan fingerprint density at radius 1 is 1.47 bits per heavy atom. The molecule has 0 aliphatic rings. The van der Waals surface area contributed by atoms with E-state index in [-0.39, 0.29) is 11.8 Å². The summed E-state index contributed by atoms with van der Waals surface area (Å²) in [6.07, 6.45) is 0. The molecule has 0 aliphatic carbocycles. The predicted octanol–water partition coefficient (Wildman–Crippen LogP) is 1.53. The van der Waals surface area contributed by atoms with Gasteiger partial charge in [-0.1, -0.05) is 19.1 Å². The molecular weight excluding hydrogens is 238 g/mol. The Morgan fingerprint density at radius 2 is 2.21 bits per heavy atom. The highest BCUT2D eigenvalue weighted by molar-refractivity contribution is 5.78. The van der Waals surface area contributed by atoms with Gasteiger partial charge in [-0.3, -0.25) is 4.79 Å². The summed E-state index contributed by atoms with van der Waals surface area (Å²) in [6.45, 7) is 8.81. The average molecular weight is 263 g/mol. The van der Waals surface area contributed by atoms with Crippen molar-refractivity contribution in [2.24, 2.45) is 11.7 Å². The van der Waals surface area contributed by atoms with Crippen molar-refractivity contribution in [2.45, 2.75) is 20.8 Å². The Balaban J connectivity index is 2.48. The van der Waals surface area contributed by atoms with Crippen LogP contribution in [0.25, 0.3) is 0 Å². The molecule has 0 aliphatic heterocycles. The van der Waals surface area contributed by atoms with Crippen LogP contribution in [0.2, 0.25) is 0 Å². The summed E-state index contributed by atoms with van der Waals surface area (Å²) in [7, 11) is 0. The molecule has 1 amide bonds. The van der Waals surface area contributed by atoms with Gasteiger partial charge in [0.2, 0.25) is 5.91 Å². The van der Waals surface area contributed by atoms with Crippen LogP contribution in [0.3, 0.4) is 0 Å². The number of benzene rings is 1. The van der Waals surface area contributed by atoms with Gasteiger partial charge in [-0.2, -0.15) is 0 Å². The minimum atomic E-state index is -0.117. The summed E-state index contributed by atoms with van der Waals surface area (Å²) in [4.78, 5) is 13.9. The molecule has 1 aromatic rings. The maximum atomic E-state index is 11.6. The summed E-state index contributed by atoms with van der Waals surface area (Å²) < 4.78 is 0. The Morgan fingerprint density at radius 3 is 2.79 bits per heavy atom. The first-order chi connectivity index (χ1) is 9.08. The molecule has 1 unspecified atom stereocenters. The van der Waals surface area contributed by atoms with E-state index in [2.05, 4.69) is 48.3 Å². The highest BCUT2D eigenvalue weighted by atomic mass is 16.1. The van der Waals surface area contributed by atoms with Crippen LogP contribution in [0.15, 0.2) is 24.3 Å². The van der Waals surface area contributed by atoms with Crippen molar-refractivity contribution in [1.29, 1.82) is 0 Å². The van der Waals surface area contributed by atoms with Crippen LogP contribution in [-0.2, 0) is 4.79 Å². The molecule has 1 aromatic carbocycles. The first-order valence-corrected chi connectivity index (χ1v) is 6.87. The molecule has 3 N–H and O–H groups in total. The molecule has 0 fully saturated rings. The van der Waals surface area contributed by atoms with Crippen LogP contribution in [0.4, 0.5) is 5.69 Å². The Kier molecular flexibility index (Phi) is 6.36. The first-order valence-electron chi connectivity index (χ1n) is 6.87. The van der Waals surface area contributed by atoms with Crippen LogP contribution in [0, 0.1) is 12.8 Å². The lowest BCUT2D eigenvalue weighted by molar-refractivity contribution is -0.124. The van der Waals surface area contributed by atoms with Gasteiger partial charge in [-0.25, -0.2) is 0 Å². The van der Waals surface area contributed by atoms with E-state index in [1.807, 2.05) is 6.92 Å². The number of rotatable bonds is 7. The molecule has 0 spiro atoms. The molecule has 19 heavy (non-hydrogen) atoms. The maximum absolute atomic E-state index is 11.6. The number of hydrogen-bond donors (Lipinski definition) is 2. The van der Waals surface area contributed by atoms with Crippen molar-refractivity contribution in [1.82, 2.24) is 5.32 Å². The molecule has 0 heterocycles. The van der Waals surface area contributed by atoms with Crippen LogP contribution < -0.4 is 16.0 Å². The smallest absolute Gasteiger partial charge is 0.224 e. The topological polar surface area (TPSA) is 58.4 Å². The van der Waals surface area contributed by atoms with E-state index in [9.17, 15) is 4.79 Å². The molecule has 0 saturated carbocycles. The lowest BCUT2D eigenvalue weighted by Gasteiger charge is -2.24. The highest BCUT2D eigenvalue weighted by Crippen LogP contribution is 2.14. The van der Waals surface area contributed by atoms with Crippen LogP contribution in [0.1, 0.15) is 19.4 Å². The highest BCUT2D eigenvalue weighted by Gasteiger charge is 2.10. The third-order valence-corrected chi connectivity index (χ3v) is 3.23. The van der Waals surface area contributed by atoms with Crippen LogP contribution >= 0.6 is 0 Å². The van der Waals surface area contributed by atoms with Gasteiger partial charge in [-0.15, -0.1) is 0 Å². The van der Waals surface area contributed by atoms with E-state index in [1.54, 1.807) is 0 Å². The van der Waals surface area contributed by atoms with Crippen molar-refractivity contribution < 1.29 is 4.79 Å². The van der Waals surface area contributed by atoms with E-state index in [0.29, 0.717) is 13.1 Å². The number of nitrogens with two attached hydrogens (primary N) is 1. The number of aryl methyl sites for hydroxylation is 1. The number of carbonyl (C=O) groups is 1. The lowest BCUT2D eigenvalue weighted by Crippen LogP contribution is -2.38. The Hall–Kier alpha value is -1.55. The minimum absolute atomic E-state index is 0.0304. The number of carbonyl (C=O) groups excluding carboxylic acids is 1. The molecule has 1 atom stereocenters. The number of anilines is 1. The molecular formula is C15H25N3O. The van der Waals surface area contributed by atoms with Gasteiger partial charge in [0.25, 0.3) is 0 Å². The fourth-order valence-electron chi connectivity index (χ4n) is 1.89. The Labute approximate surface area is 116 Å². The fourth-order valence-corrected chi connectivity index (χ4v) is 1.89. The zero-order valence-corrected chi connectivity index (χ0v) is 12.1.